The van der Waals surface area contributed by atoms with Gasteiger partial charge in [0.1, 0.15) is 17.4 Å². The van der Waals surface area contributed by atoms with Crippen LogP contribution in [0.25, 0.3) is 0 Å². The summed E-state index contributed by atoms with van der Waals surface area (Å²) >= 11 is 0. The monoisotopic (exact) mass is 484 g/mol. The third-order valence-electron chi connectivity index (χ3n) is 7.65. The maximum absolute atomic E-state index is 14.9. The Bertz CT molecular complexity index is 1060. The van der Waals surface area contributed by atoms with E-state index >= 15 is 0 Å². The highest BCUT2D eigenvalue weighted by atomic mass is 19.3. The van der Waals surface area contributed by atoms with Crippen molar-refractivity contribution in [2.45, 2.75) is 70.8 Å². The zero-order chi connectivity index (χ0) is 24.8. The summed E-state index contributed by atoms with van der Waals surface area (Å²) < 4.78 is 58.5. The molecule has 35 heavy (non-hydrogen) atoms. The summed E-state index contributed by atoms with van der Waals surface area (Å²) in [6, 6.07) is 8.53. The molecular formula is C30H32F4O. The van der Waals surface area contributed by atoms with Gasteiger partial charge in [0, 0.05) is 5.56 Å². The molecule has 0 amide bonds. The molecule has 0 aliphatic heterocycles. The molecule has 2 aromatic carbocycles. The first-order chi connectivity index (χ1) is 16.9. The lowest BCUT2D eigenvalue weighted by molar-refractivity contribution is -0.0498. The van der Waals surface area contributed by atoms with Crippen molar-refractivity contribution in [3.05, 3.63) is 76.9 Å². The normalized spacial score (nSPS) is 24.2. The van der Waals surface area contributed by atoms with Crippen molar-refractivity contribution >= 4 is 0 Å². The number of alkyl halides is 2. The van der Waals surface area contributed by atoms with Gasteiger partial charge in [0.15, 0.2) is 0 Å². The molecule has 186 valence electrons. The quantitative estimate of drug-likeness (QED) is 0.227. The van der Waals surface area contributed by atoms with Crippen molar-refractivity contribution in [3.63, 3.8) is 0 Å². The van der Waals surface area contributed by atoms with Crippen LogP contribution in [0.4, 0.5) is 17.6 Å². The summed E-state index contributed by atoms with van der Waals surface area (Å²) in [6.45, 7) is -0.843. The van der Waals surface area contributed by atoms with Crippen molar-refractivity contribution in [1.82, 2.24) is 0 Å². The topological polar surface area (TPSA) is 9.23 Å². The van der Waals surface area contributed by atoms with E-state index in [0.29, 0.717) is 11.5 Å². The van der Waals surface area contributed by atoms with E-state index in [1.807, 2.05) is 0 Å². The summed E-state index contributed by atoms with van der Waals surface area (Å²) in [6.07, 6.45) is 13.7. The Hall–Kier alpha value is -2.74. The van der Waals surface area contributed by atoms with Gasteiger partial charge in [-0.1, -0.05) is 30.4 Å². The van der Waals surface area contributed by atoms with E-state index in [2.05, 4.69) is 35.7 Å². The first-order valence-corrected chi connectivity index (χ1v) is 12.6. The summed E-state index contributed by atoms with van der Waals surface area (Å²) in [5, 5.41) is 0. The van der Waals surface area contributed by atoms with Gasteiger partial charge >= 0.3 is 6.61 Å². The number of fused-ring (bicyclic) bond motifs is 1. The van der Waals surface area contributed by atoms with Gasteiger partial charge in [-0.3, -0.25) is 0 Å². The van der Waals surface area contributed by atoms with Gasteiger partial charge in [0.05, 0.1) is 5.56 Å². The number of allylic oxidation sites excluding steroid dienone is 2. The van der Waals surface area contributed by atoms with Gasteiger partial charge in [0.2, 0.25) is 0 Å². The van der Waals surface area contributed by atoms with Crippen LogP contribution in [0.3, 0.4) is 0 Å². The number of halogens is 4. The Balaban J connectivity index is 1.40. The summed E-state index contributed by atoms with van der Waals surface area (Å²) in [7, 11) is 0. The lowest BCUT2D eigenvalue weighted by Crippen LogP contribution is -2.30. The first-order valence-electron chi connectivity index (χ1n) is 12.6. The van der Waals surface area contributed by atoms with Gasteiger partial charge in [-0.2, -0.15) is 8.78 Å². The second kappa shape index (κ2) is 11.8. The smallest absolute Gasteiger partial charge is 0.387 e. The molecule has 4 atom stereocenters. The lowest BCUT2D eigenvalue weighted by Gasteiger charge is -2.42. The Morgan fingerprint density at radius 2 is 1.63 bits per heavy atom. The standard InChI is InChI=1S/C30H32F4O/c1-2-3-4-5-21-6-10-23-17-24(12-11-22(23)16-21)25-18-28(31)27(29(32)19-25)15-9-20-7-13-26(14-8-20)35-30(33)34/h2-3,7-8,13-14,18-19,21-24,30H,4-6,10-12,16-17H2,1H3/b3-2+. The molecule has 0 spiro atoms. The fourth-order valence-electron chi connectivity index (χ4n) is 5.85. The molecule has 2 aromatic rings. The van der Waals surface area contributed by atoms with Gasteiger partial charge in [-0.05, 0) is 118 Å². The van der Waals surface area contributed by atoms with Crippen LogP contribution in [0.2, 0.25) is 0 Å². The molecule has 0 heterocycles. The molecule has 2 saturated carbocycles. The molecule has 0 bridgehead atoms. The van der Waals surface area contributed by atoms with Gasteiger partial charge < -0.3 is 4.74 Å². The van der Waals surface area contributed by atoms with Crippen LogP contribution in [0.15, 0.2) is 48.6 Å². The average molecular weight is 485 g/mol. The van der Waals surface area contributed by atoms with Crippen molar-refractivity contribution in [1.29, 1.82) is 0 Å². The van der Waals surface area contributed by atoms with Gasteiger partial charge in [0.25, 0.3) is 0 Å². The summed E-state index contributed by atoms with van der Waals surface area (Å²) in [5.74, 6) is 6.35. The molecule has 2 fully saturated rings. The number of benzene rings is 2. The molecule has 0 aromatic heterocycles. The minimum atomic E-state index is -2.91. The highest BCUT2D eigenvalue weighted by molar-refractivity contribution is 5.46. The Morgan fingerprint density at radius 1 is 0.943 bits per heavy atom. The minimum Gasteiger partial charge on any atom is -0.435 e. The SMILES string of the molecule is C/C=C/CCC1CCC2CC(c3cc(F)c(C#Cc4ccc(OC(F)F)cc4)c(F)c3)CCC2C1. The van der Waals surface area contributed by atoms with Crippen molar-refractivity contribution < 1.29 is 22.3 Å². The summed E-state index contributed by atoms with van der Waals surface area (Å²) in [4.78, 5) is 0. The minimum absolute atomic E-state index is 0.00381. The van der Waals surface area contributed by atoms with Crippen LogP contribution in [-0.2, 0) is 0 Å². The maximum atomic E-state index is 14.9. The van der Waals surface area contributed by atoms with Crippen LogP contribution in [0, 0.1) is 41.2 Å². The zero-order valence-corrected chi connectivity index (χ0v) is 20.1. The van der Waals surface area contributed by atoms with Gasteiger partial charge in [-0.25, -0.2) is 8.78 Å². The third-order valence-corrected chi connectivity index (χ3v) is 7.65. The van der Waals surface area contributed by atoms with Crippen LogP contribution < -0.4 is 4.74 Å². The molecule has 2 aliphatic carbocycles. The fourth-order valence-corrected chi connectivity index (χ4v) is 5.85. The molecule has 1 nitrogen and oxygen atoms in total. The third kappa shape index (κ3) is 6.69. The van der Waals surface area contributed by atoms with Gasteiger partial charge in [-0.15, -0.1) is 0 Å². The second-order valence-electron chi connectivity index (χ2n) is 9.87. The average Bonchev–Trinajstić information content (AvgIpc) is 2.84. The second-order valence-corrected chi connectivity index (χ2v) is 9.87. The maximum Gasteiger partial charge on any atom is 0.387 e. The Kier molecular flexibility index (Phi) is 8.55. The molecule has 0 N–H and O–H groups in total. The molecule has 2 aliphatic rings. The van der Waals surface area contributed by atoms with E-state index in [1.165, 1.54) is 62.1 Å². The van der Waals surface area contributed by atoms with Crippen LogP contribution >= 0.6 is 0 Å². The highest BCUT2D eigenvalue weighted by Gasteiger charge is 2.36. The van der Waals surface area contributed by atoms with Crippen molar-refractivity contribution in [2.24, 2.45) is 17.8 Å². The van der Waals surface area contributed by atoms with E-state index in [-0.39, 0.29) is 17.2 Å². The summed E-state index contributed by atoms with van der Waals surface area (Å²) in [5.41, 5.74) is 0.916. The highest BCUT2D eigenvalue weighted by Crippen LogP contribution is 2.48. The first kappa shape index (κ1) is 25.4. The molecular weight excluding hydrogens is 452 g/mol. The molecule has 5 heteroatoms. The molecule has 4 rings (SSSR count). The number of hydrogen-bond acceptors (Lipinski definition) is 1. The van der Waals surface area contributed by atoms with Crippen molar-refractivity contribution in [2.75, 3.05) is 0 Å². The predicted octanol–water partition coefficient (Wildman–Crippen LogP) is 8.62. The van der Waals surface area contributed by atoms with Crippen LogP contribution in [-0.4, -0.2) is 6.61 Å². The molecule has 4 unspecified atom stereocenters. The van der Waals surface area contributed by atoms with E-state index in [9.17, 15) is 17.6 Å². The van der Waals surface area contributed by atoms with E-state index in [1.54, 1.807) is 0 Å². The predicted molar refractivity (Wildman–Crippen MR) is 130 cm³/mol. The van der Waals surface area contributed by atoms with Crippen LogP contribution in [0.5, 0.6) is 5.75 Å². The number of hydrogen-bond donors (Lipinski definition) is 0. The number of rotatable bonds is 6. The van der Waals surface area contributed by atoms with Crippen molar-refractivity contribution in [3.8, 4) is 17.6 Å². The Labute approximate surface area is 205 Å². The number of ether oxygens (including phenoxy) is 1. The van der Waals surface area contributed by atoms with Crippen LogP contribution in [0.1, 0.15) is 80.9 Å². The largest absolute Gasteiger partial charge is 0.435 e. The molecule has 0 saturated heterocycles. The zero-order valence-electron chi connectivity index (χ0n) is 20.1. The van der Waals surface area contributed by atoms with E-state index < -0.39 is 18.2 Å². The fraction of sp³-hybridized carbons (Fsp3) is 0.467. The molecule has 0 radical (unpaired) electrons. The van der Waals surface area contributed by atoms with E-state index in [4.69, 9.17) is 0 Å². The van der Waals surface area contributed by atoms with E-state index in [0.717, 1.165) is 43.1 Å². The Morgan fingerprint density at radius 3 is 2.31 bits per heavy atom. The lowest BCUT2D eigenvalue weighted by atomic mass is 9.63.